The summed E-state index contributed by atoms with van der Waals surface area (Å²) in [6, 6.07) is -3.54. The summed E-state index contributed by atoms with van der Waals surface area (Å²) in [5.74, 6) is -2.37. The van der Waals surface area contributed by atoms with Crippen molar-refractivity contribution in [3.05, 3.63) is 0 Å². The van der Waals surface area contributed by atoms with Crippen LogP contribution in [-0.2, 0) is 19.2 Å². The Morgan fingerprint density at radius 2 is 1.15 bits per heavy atom. The Kier molecular flexibility index (Phi) is 13.9. The molecule has 0 saturated carbocycles. The van der Waals surface area contributed by atoms with Crippen LogP contribution in [0.5, 0.6) is 0 Å². The van der Waals surface area contributed by atoms with Crippen molar-refractivity contribution in [1.29, 1.82) is 0 Å². The van der Waals surface area contributed by atoms with Gasteiger partial charge in [-0.2, -0.15) is 0 Å². The van der Waals surface area contributed by atoms with Crippen molar-refractivity contribution in [2.24, 2.45) is 29.4 Å². The summed E-state index contributed by atoms with van der Waals surface area (Å²) in [7, 11) is 0. The number of nitrogens with one attached hydrogen (secondary N) is 3. The number of carboxylic acids is 1. The fourth-order valence-electron chi connectivity index (χ4n) is 3.51. The summed E-state index contributed by atoms with van der Waals surface area (Å²) in [6.45, 7) is 15.2. The highest BCUT2D eigenvalue weighted by Crippen LogP contribution is 2.13. The van der Waals surface area contributed by atoms with Gasteiger partial charge in [0.2, 0.25) is 17.7 Å². The molecule has 0 spiro atoms. The molecule has 3 amide bonds. The van der Waals surface area contributed by atoms with E-state index >= 15 is 0 Å². The Labute approximate surface area is 199 Å². The molecule has 0 aromatic carbocycles. The lowest BCUT2D eigenvalue weighted by Gasteiger charge is -2.29. The smallest absolute Gasteiger partial charge is 0.326 e. The molecule has 33 heavy (non-hydrogen) atoms. The Bertz CT molecular complexity index is 651. The molecule has 0 aromatic heterocycles. The molecule has 6 N–H and O–H groups in total. The number of carboxylic acid groups (broad SMARTS) is 1. The second-order valence-electron chi connectivity index (χ2n) is 10.3. The Morgan fingerprint density at radius 1 is 0.697 bits per heavy atom. The minimum absolute atomic E-state index is 0.0729. The first-order valence-electron chi connectivity index (χ1n) is 12.1. The predicted octanol–water partition coefficient (Wildman–Crippen LogP) is 2.04. The molecule has 0 radical (unpaired) electrons. The van der Waals surface area contributed by atoms with Crippen LogP contribution in [0.3, 0.4) is 0 Å². The van der Waals surface area contributed by atoms with Gasteiger partial charge in [0.1, 0.15) is 18.1 Å². The molecule has 0 bridgehead atoms. The molecule has 0 saturated heterocycles. The van der Waals surface area contributed by atoms with Crippen molar-refractivity contribution in [1.82, 2.24) is 16.0 Å². The lowest BCUT2D eigenvalue weighted by atomic mass is 9.95. The summed E-state index contributed by atoms with van der Waals surface area (Å²) < 4.78 is 0. The van der Waals surface area contributed by atoms with Crippen molar-refractivity contribution >= 4 is 23.7 Å². The van der Waals surface area contributed by atoms with Crippen molar-refractivity contribution in [2.45, 2.75) is 105 Å². The van der Waals surface area contributed by atoms with Gasteiger partial charge in [0.05, 0.1) is 6.04 Å². The summed E-state index contributed by atoms with van der Waals surface area (Å²) in [6.07, 6.45) is 1.75. The maximum absolute atomic E-state index is 13.1. The molecular formula is C24H46N4O5. The molecule has 0 rings (SSSR count). The van der Waals surface area contributed by atoms with E-state index in [4.69, 9.17) is 5.73 Å². The van der Waals surface area contributed by atoms with E-state index in [0.717, 1.165) is 0 Å². The van der Waals surface area contributed by atoms with Gasteiger partial charge in [-0.25, -0.2) is 4.79 Å². The van der Waals surface area contributed by atoms with Gasteiger partial charge in [0.25, 0.3) is 0 Å². The van der Waals surface area contributed by atoms with Crippen LogP contribution in [0.15, 0.2) is 0 Å². The van der Waals surface area contributed by atoms with E-state index in [1.54, 1.807) is 0 Å². The van der Waals surface area contributed by atoms with Crippen LogP contribution in [0.2, 0.25) is 0 Å². The predicted molar refractivity (Wildman–Crippen MR) is 129 cm³/mol. The van der Waals surface area contributed by atoms with Crippen LogP contribution in [-0.4, -0.2) is 53.0 Å². The Hall–Kier alpha value is -2.16. The van der Waals surface area contributed by atoms with E-state index in [1.807, 2.05) is 55.4 Å². The monoisotopic (exact) mass is 470 g/mol. The molecule has 9 nitrogen and oxygen atoms in total. The van der Waals surface area contributed by atoms with Gasteiger partial charge in [-0.1, -0.05) is 61.8 Å². The maximum Gasteiger partial charge on any atom is 0.326 e. The van der Waals surface area contributed by atoms with E-state index in [1.165, 1.54) is 0 Å². The zero-order chi connectivity index (χ0) is 25.9. The van der Waals surface area contributed by atoms with Gasteiger partial charge in [-0.15, -0.1) is 0 Å². The summed E-state index contributed by atoms with van der Waals surface area (Å²) in [5, 5.41) is 17.5. The fraction of sp³-hybridized carbons (Fsp3) is 0.833. The van der Waals surface area contributed by atoms with Crippen molar-refractivity contribution < 1.29 is 24.3 Å². The summed E-state index contributed by atoms with van der Waals surface area (Å²) in [4.78, 5) is 50.2. The highest BCUT2D eigenvalue weighted by Gasteiger charge is 2.33. The largest absolute Gasteiger partial charge is 0.480 e. The minimum Gasteiger partial charge on any atom is -0.480 e. The first kappa shape index (κ1) is 30.8. The number of carbonyl (C=O) groups is 4. The van der Waals surface area contributed by atoms with Crippen LogP contribution in [0.25, 0.3) is 0 Å². The Balaban J connectivity index is 5.55. The second kappa shape index (κ2) is 14.9. The summed E-state index contributed by atoms with van der Waals surface area (Å²) >= 11 is 0. The number of rotatable bonds is 15. The molecule has 0 aliphatic rings. The molecule has 9 heteroatoms. The number of aliphatic carboxylic acids is 1. The van der Waals surface area contributed by atoms with Gasteiger partial charge < -0.3 is 26.8 Å². The Morgan fingerprint density at radius 3 is 1.58 bits per heavy atom. The maximum atomic E-state index is 13.1. The van der Waals surface area contributed by atoms with E-state index < -0.39 is 47.9 Å². The van der Waals surface area contributed by atoms with Crippen LogP contribution < -0.4 is 21.7 Å². The third-order valence-corrected chi connectivity index (χ3v) is 5.52. The van der Waals surface area contributed by atoms with E-state index in [9.17, 15) is 24.3 Å². The molecule has 5 atom stereocenters. The summed E-state index contributed by atoms with van der Waals surface area (Å²) in [5.41, 5.74) is 5.98. The van der Waals surface area contributed by atoms with Crippen LogP contribution in [0, 0.1) is 23.7 Å². The van der Waals surface area contributed by atoms with Gasteiger partial charge in [0.15, 0.2) is 0 Å². The average molecular weight is 471 g/mol. The SMILES string of the molecule is CCC(C)C(NC(=O)C(CC(C)C)NC(=O)C(N)CC(C)C)C(=O)NC(CC(C)C)C(=O)O. The number of carbonyl (C=O) groups excluding carboxylic acids is 3. The van der Waals surface area contributed by atoms with Crippen LogP contribution >= 0.6 is 0 Å². The number of amides is 3. The lowest BCUT2D eigenvalue weighted by Crippen LogP contribution is -2.59. The standard InChI is InChI=1S/C24H46N4O5/c1-9-16(8)20(23(31)27-19(24(32)33)12-15(6)7)28-22(30)18(11-14(4)5)26-21(29)17(25)10-13(2)3/h13-20H,9-12,25H2,1-8H3,(H,26,29)(H,27,31)(H,28,30)(H,32,33). The highest BCUT2D eigenvalue weighted by molar-refractivity contribution is 5.94. The quantitative estimate of drug-likeness (QED) is 0.247. The third kappa shape index (κ3) is 12.0. The van der Waals surface area contributed by atoms with Gasteiger partial charge >= 0.3 is 5.97 Å². The van der Waals surface area contributed by atoms with Gasteiger partial charge in [-0.05, 0) is 42.9 Å². The number of nitrogens with two attached hydrogens (primary N) is 1. The topological polar surface area (TPSA) is 151 Å². The molecule has 0 fully saturated rings. The number of hydrogen-bond donors (Lipinski definition) is 5. The van der Waals surface area contributed by atoms with Crippen molar-refractivity contribution in [2.75, 3.05) is 0 Å². The fourth-order valence-corrected chi connectivity index (χ4v) is 3.51. The first-order valence-corrected chi connectivity index (χ1v) is 12.1. The lowest BCUT2D eigenvalue weighted by molar-refractivity contribution is -0.143. The molecule has 0 aliphatic carbocycles. The van der Waals surface area contributed by atoms with Crippen LogP contribution in [0.4, 0.5) is 0 Å². The van der Waals surface area contributed by atoms with Gasteiger partial charge in [-0.3, -0.25) is 14.4 Å². The molecule has 192 valence electrons. The molecule has 0 aliphatic heterocycles. The highest BCUT2D eigenvalue weighted by atomic mass is 16.4. The average Bonchev–Trinajstić information content (AvgIpc) is 2.68. The van der Waals surface area contributed by atoms with Gasteiger partial charge in [0, 0.05) is 0 Å². The zero-order valence-electron chi connectivity index (χ0n) is 21.6. The first-order chi connectivity index (χ1) is 15.2. The van der Waals surface area contributed by atoms with Crippen molar-refractivity contribution in [3.8, 4) is 0 Å². The molecule has 5 unspecified atom stereocenters. The normalized spacial score (nSPS) is 16.1. The second-order valence-corrected chi connectivity index (χ2v) is 10.3. The molecule has 0 heterocycles. The van der Waals surface area contributed by atoms with Crippen molar-refractivity contribution in [3.63, 3.8) is 0 Å². The van der Waals surface area contributed by atoms with E-state index in [0.29, 0.717) is 19.3 Å². The molecular weight excluding hydrogens is 424 g/mol. The van der Waals surface area contributed by atoms with E-state index in [-0.39, 0.29) is 30.1 Å². The van der Waals surface area contributed by atoms with E-state index in [2.05, 4.69) is 16.0 Å². The van der Waals surface area contributed by atoms with Crippen LogP contribution in [0.1, 0.15) is 81.1 Å². The minimum atomic E-state index is -1.12. The molecule has 0 aromatic rings. The number of hydrogen-bond acceptors (Lipinski definition) is 5. The zero-order valence-corrected chi connectivity index (χ0v) is 21.6. The third-order valence-electron chi connectivity index (χ3n) is 5.52.